The van der Waals surface area contributed by atoms with Crippen LogP contribution in [0, 0.1) is 4.77 Å². The normalized spacial score (nSPS) is 18.8. The average Bonchev–Trinajstić information content (AvgIpc) is 2.50. The number of nitrogens with zero attached hydrogens (tertiary/aromatic N) is 2. The molecule has 0 aromatic carbocycles. The monoisotopic (exact) mass is 225 g/mol. The Bertz CT molecular complexity index is 381. The maximum absolute atomic E-state index is 5.35. The van der Waals surface area contributed by atoms with Crippen LogP contribution in [0.3, 0.4) is 0 Å². The van der Waals surface area contributed by atoms with E-state index in [0.717, 1.165) is 29.9 Å². The van der Waals surface area contributed by atoms with E-state index in [1.807, 2.05) is 0 Å². The van der Waals surface area contributed by atoms with E-state index < -0.39 is 0 Å². The SMILES string of the molecule is CCCc1n[nH]c(=S)n1C1(CC)CCC1. The lowest BCUT2D eigenvalue weighted by Crippen LogP contribution is -2.41. The Balaban J connectivity index is 2.40. The molecule has 4 heteroatoms. The largest absolute Gasteiger partial charge is 0.298 e. The molecule has 1 fully saturated rings. The van der Waals surface area contributed by atoms with Crippen molar-refractivity contribution < 1.29 is 0 Å². The fraction of sp³-hybridized carbons (Fsp3) is 0.818. The maximum Gasteiger partial charge on any atom is 0.195 e. The van der Waals surface area contributed by atoms with Gasteiger partial charge in [0.2, 0.25) is 0 Å². The molecule has 3 nitrogen and oxygen atoms in total. The quantitative estimate of drug-likeness (QED) is 0.798. The minimum atomic E-state index is 0.286. The van der Waals surface area contributed by atoms with E-state index in [0.29, 0.717) is 0 Å². The van der Waals surface area contributed by atoms with Gasteiger partial charge in [0, 0.05) is 12.0 Å². The van der Waals surface area contributed by atoms with Crippen LogP contribution >= 0.6 is 12.2 Å². The first-order chi connectivity index (χ1) is 7.23. The number of hydrogen-bond acceptors (Lipinski definition) is 2. The first kappa shape index (κ1) is 10.9. The standard InChI is InChI=1S/C11H19N3S/c1-3-6-9-12-13-10(15)14(9)11(4-2)7-5-8-11/h3-8H2,1-2H3,(H,13,15). The van der Waals surface area contributed by atoms with E-state index in [-0.39, 0.29) is 5.54 Å². The molecule has 84 valence electrons. The van der Waals surface area contributed by atoms with Gasteiger partial charge in [-0.3, -0.25) is 9.67 Å². The third kappa shape index (κ3) is 1.65. The average molecular weight is 225 g/mol. The first-order valence-electron chi connectivity index (χ1n) is 5.90. The summed E-state index contributed by atoms with van der Waals surface area (Å²) in [7, 11) is 0. The summed E-state index contributed by atoms with van der Waals surface area (Å²) in [6, 6.07) is 0. The summed E-state index contributed by atoms with van der Waals surface area (Å²) in [4.78, 5) is 0. The van der Waals surface area contributed by atoms with Gasteiger partial charge in [-0.15, -0.1) is 0 Å². The molecule has 0 spiro atoms. The molecule has 1 heterocycles. The highest BCUT2D eigenvalue weighted by Gasteiger charge is 2.38. The van der Waals surface area contributed by atoms with Crippen molar-refractivity contribution in [1.29, 1.82) is 0 Å². The molecule has 0 aliphatic heterocycles. The summed E-state index contributed by atoms with van der Waals surface area (Å²) in [6.07, 6.45) is 7.15. The molecule has 1 aliphatic carbocycles. The molecule has 15 heavy (non-hydrogen) atoms. The third-order valence-corrected chi connectivity index (χ3v) is 3.91. The van der Waals surface area contributed by atoms with Gasteiger partial charge in [0.1, 0.15) is 5.82 Å². The van der Waals surface area contributed by atoms with E-state index in [1.54, 1.807) is 0 Å². The smallest absolute Gasteiger partial charge is 0.195 e. The fourth-order valence-corrected chi connectivity index (χ4v) is 2.87. The number of rotatable bonds is 4. The predicted octanol–water partition coefficient (Wildman–Crippen LogP) is 3.18. The molecule has 0 bridgehead atoms. The number of nitrogens with one attached hydrogen (secondary N) is 1. The lowest BCUT2D eigenvalue weighted by molar-refractivity contribution is 0.129. The van der Waals surface area contributed by atoms with Crippen LogP contribution in [0.25, 0.3) is 0 Å². The van der Waals surface area contributed by atoms with Crippen LogP contribution in [0.15, 0.2) is 0 Å². The zero-order valence-corrected chi connectivity index (χ0v) is 10.4. The highest BCUT2D eigenvalue weighted by molar-refractivity contribution is 7.71. The molecular weight excluding hydrogens is 206 g/mol. The van der Waals surface area contributed by atoms with Crippen molar-refractivity contribution in [2.75, 3.05) is 0 Å². The van der Waals surface area contributed by atoms with Gasteiger partial charge in [0.15, 0.2) is 4.77 Å². The lowest BCUT2D eigenvalue weighted by Gasteiger charge is -2.43. The summed E-state index contributed by atoms with van der Waals surface area (Å²) < 4.78 is 3.09. The van der Waals surface area contributed by atoms with E-state index in [1.165, 1.54) is 19.3 Å². The van der Waals surface area contributed by atoms with Crippen LogP contribution in [0.5, 0.6) is 0 Å². The molecule has 0 saturated heterocycles. The Hall–Kier alpha value is -0.640. The van der Waals surface area contributed by atoms with Crippen LogP contribution in [-0.2, 0) is 12.0 Å². The van der Waals surface area contributed by atoms with E-state index in [9.17, 15) is 0 Å². The second kappa shape index (κ2) is 4.08. The van der Waals surface area contributed by atoms with Crippen LogP contribution in [-0.4, -0.2) is 14.8 Å². The van der Waals surface area contributed by atoms with Gasteiger partial charge in [-0.05, 0) is 44.3 Å². The second-order valence-electron chi connectivity index (χ2n) is 4.46. The van der Waals surface area contributed by atoms with Crippen molar-refractivity contribution in [2.24, 2.45) is 0 Å². The van der Waals surface area contributed by atoms with E-state index in [4.69, 9.17) is 12.2 Å². The topological polar surface area (TPSA) is 33.6 Å². The summed E-state index contributed by atoms with van der Waals surface area (Å²) >= 11 is 5.35. The number of aromatic amines is 1. The van der Waals surface area contributed by atoms with Crippen molar-refractivity contribution >= 4 is 12.2 Å². The number of aryl methyl sites for hydroxylation is 1. The predicted molar refractivity (Wildman–Crippen MR) is 63.5 cm³/mol. The molecule has 0 unspecified atom stereocenters. The molecule has 1 saturated carbocycles. The Morgan fingerprint density at radius 3 is 2.67 bits per heavy atom. The number of aromatic nitrogens is 3. The molecular formula is C11H19N3S. The Labute approximate surface area is 95.9 Å². The first-order valence-corrected chi connectivity index (χ1v) is 6.31. The van der Waals surface area contributed by atoms with Crippen LogP contribution in [0.2, 0.25) is 0 Å². The highest BCUT2D eigenvalue weighted by Crippen LogP contribution is 2.42. The zero-order valence-electron chi connectivity index (χ0n) is 9.55. The zero-order chi connectivity index (χ0) is 10.9. The molecule has 2 rings (SSSR count). The number of H-pyrrole nitrogens is 1. The Kier molecular flexibility index (Phi) is 2.96. The van der Waals surface area contributed by atoms with Gasteiger partial charge in [-0.2, -0.15) is 5.10 Å². The second-order valence-corrected chi connectivity index (χ2v) is 4.85. The van der Waals surface area contributed by atoms with Crippen molar-refractivity contribution in [3.63, 3.8) is 0 Å². The van der Waals surface area contributed by atoms with E-state index >= 15 is 0 Å². The minimum Gasteiger partial charge on any atom is -0.298 e. The molecule has 0 atom stereocenters. The summed E-state index contributed by atoms with van der Waals surface area (Å²) in [5.41, 5.74) is 0.286. The van der Waals surface area contributed by atoms with Crippen molar-refractivity contribution in [1.82, 2.24) is 14.8 Å². The maximum atomic E-state index is 5.35. The van der Waals surface area contributed by atoms with Gasteiger partial charge in [0.25, 0.3) is 0 Å². The van der Waals surface area contributed by atoms with E-state index in [2.05, 4.69) is 28.6 Å². The van der Waals surface area contributed by atoms with Gasteiger partial charge in [-0.25, -0.2) is 0 Å². The van der Waals surface area contributed by atoms with Crippen molar-refractivity contribution in [3.05, 3.63) is 10.6 Å². The van der Waals surface area contributed by atoms with Crippen LogP contribution < -0.4 is 0 Å². The van der Waals surface area contributed by atoms with Gasteiger partial charge in [0.05, 0.1) is 0 Å². The van der Waals surface area contributed by atoms with Gasteiger partial charge in [-0.1, -0.05) is 13.8 Å². The van der Waals surface area contributed by atoms with Crippen molar-refractivity contribution in [3.8, 4) is 0 Å². The summed E-state index contributed by atoms with van der Waals surface area (Å²) in [5.74, 6) is 1.14. The lowest BCUT2D eigenvalue weighted by atomic mass is 9.74. The summed E-state index contributed by atoms with van der Waals surface area (Å²) in [6.45, 7) is 4.44. The Morgan fingerprint density at radius 2 is 2.20 bits per heavy atom. The molecule has 1 aromatic rings. The fourth-order valence-electron chi connectivity index (χ4n) is 2.53. The molecule has 0 amide bonds. The van der Waals surface area contributed by atoms with Gasteiger partial charge < -0.3 is 0 Å². The Morgan fingerprint density at radius 1 is 1.47 bits per heavy atom. The van der Waals surface area contributed by atoms with Gasteiger partial charge >= 0.3 is 0 Å². The highest BCUT2D eigenvalue weighted by atomic mass is 32.1. The van der Waals surface area contributed by atoms with Crippen LogP contribution in [0.4, 0.5) is 0 Å². The molecule has 1 aromatic heterocycles. The van der Waals surface area contributed by atoms with Crippen LogP contribution in [0.1, 0.15) is 51.8 Å². The number of hydrogen-bond donors (Lipinski definition) is 1. The molecule has 1 aliphatic rings. The molecule has 1 N–H and O–H groups in total. The van der Waals surface area contributed by atoms with Crippen molar-refractivity contribution in [2.45, 2.75) is 57.9 Å². The summed E-state index contributed by atoms with van der Waals surface area (Å²) in [5, 5.41) is 7.29. The third-order valence-electron chi connectivity index (χ3n) is 3.63. The molecule has 0 radical (unpaired) electrons. The minimum absolute atomic E-state index is 0.286.